The molecule has 3 heterocycles. The average molecular weight is 378 g/mol. The summed E-state index contributed by atoms with van der Waals surface area (Å²) < 4.78 is 0. The summed E-state index contributed by atoms with van der Waals surface area (Å²) >= 11 is 3.29. The fraction of sp³-hybridized carbons (Fsp3) is 0.632. The summed E-state index contributed by atoms with van der Waals surface area (Å²) in [5.41, 5.74) is 1.24. The Balaban J connectivity index is 1.84. The van der Waals surface area contributed by atoms with Crippen LogP contribution in [0.5, 0.6) is 0 Å². The average Bonchev–Trinajstić information content (AvgIpc) is 2.79. The second-order valence-electron chi connectivity index (χ2n) is 7.49. The fourth-order valence-electron chi connectivity index (χ4n) is 3.72. The molecule has 0 bridgehead atoms. The lowest BCUT2D eigenvalue weighted by atomic mass is 9.92. The quantitative estimate of drug-likeness (QED) is 0.579. The number of hydrogen-bond donors (Lipinski definition) is 0. The molecular weight excluding hydrogens is 350 g/mol. The van der Waals surface area contributed by atoms with Gasteiger partial charge in [0.2, 0.25) is 5.91 Å². The molecule has 0 spiro atoms. The number of carbonyl (C=O) groups excluding carboxylic acids is 1. The minimum Gasteiger partial charge on any atom is -0.341 e. The van der Waals surface area contributed by atoms with E-state index in [-0.39, 0.29) is 11.2 Å². The number of likely N-dealkylation sites (tertiary alicyclic amines) is 1. The van der Waals surface area contributed by atoms with Crippen LogP contribution in [0, 0.1) is 32.6 Å². The number of carbonyl (C=O) groups is 1. The zero-order valence-corrected chi connectivity index (χ0v) is 17.6. The molecule has 1 fully saturated rings. The van der Waals surface area contributed by atoms with E-state index in [0.717, 1.165) is 34.2 Å². The Morgan fingerprint density at radius 1 is 1.20 bits per heavy atom. The Kier molecular flexibility index (Phi) is 5.40. The van der Waals surface area contributed by atoms with Crippen LogP contribution in [0.15, 0.2) is 5.03 Å². The molecular formula is C19H27N3OS2. The van der Waals surface area contributed by atoms with Crippen molar-refractivity contribution in [2.24, 2.45) is 11.8 Å². The highest BCUT2D eigenvalue weighted by Gasteiger charge is 2.29. The second kappa shape index (κ2) is 7.23. The van der Waals surface area contributed by atoms with E-state index < -0.39 is 0 Å². The zero-order chi connectivity index (χ0) is 18.3. The van der Waals surface area contributed by atoms with Gasteiger partial charge in [0.25, 0.3) is 0 Å². The van der Waals surface area contributed by atoms with Crippen molar-refractivity contribution in [1.82, 2.24) is 14.9 Å². The molecule has 4 nitrogen and oxygen atoms in total. The van der Waals surface area contributed by atoms with Crippen LogP contribution >= 0.6 is 23.1 Å². The van der Waals surface area contributed by atoms with Gasteiger partial charge in [0.05, 0.1) is 5.25 Å². The maximum absolute atomic E-state index is 13.0. The van der Waals surface area contributed by atoms with Crippen LogP contribution in [0.4, 0.5) is 0 Å². The summed E-state index contributed by atoms with van der Waals surface area (Å²) in [4.78, 5) is 26.6. The van der Waals surface area contributed by atoms with Gasteiger partial charge in [0, 0.05) is 23.4 Å². The van der Waals surface area contributed by atoms with E-state index >= 15 is 0 Å². The minimum atomic E-state index is -0.130. The van der Waals surface area contributed by atoms with Gasteiger partial charge < -0.3 is 4.90 Å². The van der Waals surface area contributed by atoms with Gasteiger partial charge in [0.15, 0.2) is 0 Å². The summed E-state index contributed by atoms with van der Waals surface area (Å²) in [5.74, 6) is 2.17. The molecule has 3 atom stereocenters. The lowest BCUT2D eigenvalue weighted by Gasteiger charge is -2.36. The van der Waals surface area contributed by atoms with Crippen molar-refractivity contribution < 1.29 is 4.79 Å². The molecule has 2 aromatic heterocycles. The van der Waals surface area contributed by atoms with Crippen LogP contribution in [0.1, 0.15) is 43.5 Å². The SMILES string of the molecule is Cc1nc(SC(C)C(=O)N2CC(C)CC(C)C2)c2c(C)c(C)sc2n1. The number of amides is 1. The van der Waals surface area contributed by atoms with Gasteiger partial charge in [-0.15, -0.1) is 11.3 Å². The lowest BCUT2D eigenvalue weighted by Crippen LogP contribution is -2.45. The molecule has 136 valence electrons. The monoisotopic (exact) mass is 377 g/mol. The van der Waals surface area contributed by atoms with Crippen LogP contribution in [-0.2, 0) is 4.79 Å². The van der Waals surface area contributed by atoms with Crippen LogP contribution in [0.3, 0.4) is 0 Å². The highest BCUT2D eigenvalue weighted by Crippen LogP contribution is 2.37. The van der Waals surface area contributed by atoms with Gasteiger partial charge in [-0.2, -0.15) is 0 Å². The molecule has 0 radical (unpaired) electrons. The van der Waals surface area contributed by atoms with Gasteiger partial charge in [-0.05, 0) is 51.5 Å². The Morgan fingerprint density at radius 2 is 1.84 bits per heavy atom. The Labute approximate surface area is 158 Å². The Bertz CT molecular complexity index is 792. The predicted octanol–water partition coefficient (Wildman–Crippen LogP) is 4.60. The van der Waals surface area contributed by atoms with E-state index in [1.165, 1.54) is 16.9 Å². The van der Waals surface area contributed by atoms with Crippen molar-refractivity contribution in [2.45, 2.75) is 58.2 Å². The number of hydrogen-bond acceptors (Lipinski definition) is 5. The summed E-state index contributed by atoms with van der Waals surface area (Å²) in [6.45, 7) is 14.4. The Morgan fingerprint density at radius 3 is 2.48 bits per heavy atom. The van der Waals surface area contributed by atoms with Gasteiger partial charge in [0.1, 0.15) is 15.7 Å². The third-order valence-electron chi connectivity index (χ3n) is 4.92. The number of thioether (sulfide) groups is 1. The number of aromatic nitrogens is 2. The molecule has 0 N–H and O–H groups in total. The van der Waals surface area contributed by atoms with E-state index in [1.54, 1.807) is 23.1 Å². The first-order valence-electron chi connectivity index (χ1n) is 8.96. The van der Waals surface area contributed by atoms with E-state index in [4.69, 9.17) is 0 Å². The minimum absolute atomic E-state index is 0.130. The standard InChI is InChI=1S/C19H27N3OS2/c1-10-7-11(2)9-22(8-10)19(23)14(5)25-18-16-12(3)13(4)24-17(16)20-15(6)21-18/h10-11,14H,7-9H2,1-6H3. The van der Waals surface area contributed by atoms with Crippen molar-refractivity contribution in [1.29, 1.82) is 0 Å². The summed E-state index contributed by atoms with van der Waals surface area (Å²) in [6, 6.07) is 0. The third-order valence-corrected chi connectivity index (χ3v) is 7.10. The molecule has 0 saturated carbocycles. The molecule has 1 aliphatic rings. The van der Waals surface area contributed by atoms with Crippen LogP contribution < -0.4 is 0 Å². The van der Waals surface area contributed by atoms with E-state index in [9.17, 15) is 4.79 Å². The fourth-order valence-corrected chi connectivity index (χ4v) is 5.99. The van der Waals surface area contributed by atoms with Crippen LogP contribution in [-0.4, -0.2) is 39.1 Å². The van der Waals surface area contributed by atoms with Crippen LogP contribution in [0.2, 0.25) is 0 Å². The number of rotatable bonds is 3. The molecule has 25 heavy (non-hydrogen) atoms. The molecule has 6 heteroatoms. The van der Waals surface area contributed by atoms with Crippen molar-refractivity contribution >= 4 is 39.2 Å². The van der Waals surface area contributed by atoms with Crippen LogP contribution in [0.25, 0.3) is 10.2 Å². The molecule has 3 rings (SSSR count). The number of fused-ring (bicyclic) bond motifs is 1. The predicted molar refractivity (Wildman–Crippen MR) is 106 cm³/mol. The first-order chi connectivity index (χ1) is 11.8. The summed E-state index contributed by atoms with van der Waals surface area (Å²) in [7, 11) is 0. The molecule has 1 amide bonds. The molecule has 1 saturated heterocycles. The molecule has 2 aromatic rings. The first kappa shape index (κ1) is 18.6. The van der Waals surface area contributed by atoms with Crippen molar-refractivity contribution in [2.75, 3.05) is 13.1 Å². The molecule has 0 aromatic carbocycles. The van der Waals surface area contributed by atoms with E-state index in [2.05, 4.69) is 37.7 Å². The zero-order valence-electron chi connectivity index (χ0n) is 15.9. The highest BCUT2D eigenvalue weighted by molar-refractivity contribution is 8.00. The maximum Gasteiger partial charge on any atom is 0.235 e. The maximum atomic E-state index is 13.0. The first-order valence-corrected chi connectivity index (χ1v) is 10.7. The smallest absolute Gasteiger partial charge is 0.235 e. The number of nitrogens with zero attached hydrogens (tertiary/aromatic N) is 3. The third kappa shape index (κ3) is 3.85. The van der Waals surface area contributed by atoms with Gasteiger partial charge in [-0.1, -0.05) is 25.6 Å². The number of piperidine rings is 1. The number of thiophene rings is 1. The number of aryl methyl sites for hydroxylation is 3. The lowest BCUT2D eigenvalue weighted by molar-refractivity contribution is -0.132. The largest absolute Gasteiger partial charge is 0.341 e. The Hall–Kier alpha value is -1.14. The summed E-state index contributed by atoms with van der Waals surface area (Å²) in [5, 5.41) is 1.94. The molecule has 3 unspecified atom stereocenters. The topological polar surface area (TPSA) is 46.1 Å². The van der Waals surface area contributed by atoms with Gasteiger partial charge in [-0.25, -0.2) is 9.97 Å². The van der Waals surface area contributed by atoms with E-state index in [1.807, 2.05) is 18.7 Å². The highest BCUT2D eigenvalue weighted by atomic mass is 32.2. The van der Waals surface area contributed by atoms with Crippen molar-refractivity contribution in [3.63, 3.8) is 0 Å². The van der Waals surface area contributed by atoms with Crippen molar-refractivity contribution in [3.05, 3.63) is 16.3 Å². The van der Waals surface area contributed by atoms with E-state index in [0.29, 0.717) is 11.8 Å². The van der Waals surface area contributed by atoms with Gasteiger partial charge >= 0.3 is 0 Å². The van der Waals surface area contributed by atoms with Crippen molar-refractivity contribution in [3.8, 4) is 0 Å². The summed E-state index contributed by atoms with van der Waals surface area (Å²) in [6.07, 6.45) is 1.21. The molecule has 1 aliphatic heterocycles. The normalized spacial score (nSPS) is 22.4. The second-order valence-corrected chi connectivity index (χ2v) is 10.0. The molecule has 0 aliphatic carbocycles. The van der Waals surface area contributed by atoms with Gasteiger partial charge in [-0.3, -0.25) is 4.79 Å².